The van der Waals surface area contributed by atoms with Gasteiger partial charge in [-0.3, -0.25) is 9.78 Å². The van der Waals surface area contributed by atoms with Crippen molar-refractivity contribution in [1.82, 2.24) is 14.8 Å². The van der Waals surface area contributed by atoms with E-state index in [1.807, 2.05) is 11.0 Å². The van der Waals surface area contributed by atoms with Crippen LogP contribution in [0.15, 0.2) is 42.7 Å². The number of hydrogen-bond acceptors (Lipinski definition) is 6. The first-order chi connectivity index (χ1) is 13.1. The molecule has 1 aliphatic rings. The van der Waals surface area contributed by atoms with Gasteiger partial charge in [-0.2, -0.15) is 0 Å². The van der Waals surface area contributed by atoms with E-state index in [9.17, 15) is 9.59 Å². The number of likely N-dealkylation sites (N-methyl/N-ethyl adjacent to an activating group) is 1. The maximum absolute atomic E-state index is 12.7. The van der Waals surface area contributed by atoms with Crippen molar-refractivity contribution in [2.75, 3.05) is 45.2 Å². The number of hydrogen-bond donors (Lipinski definition) is 1. The molecule has 2 heterocycles. The molecule has 0 saturated carbocycles. The highest BCUT2D eigenvalue weighted by atomic mass is 16.5. The fraction of sp³-hybridized carbons (Fsp3) is 0.350. The van der Waals surface area contributed by atoms with Crippen LogP contribution < -0.4 is 5.32 Å². The second-order valence-corrected chi connectivity index (χ2v) is 6.45. The highest BCUT2D eigenvalue weighted by Gasteiger charge is 2.21. The molecule has 0 radical (unpaired) electrons. The smallest absolute Gasteiger partial charge is 0.340 e. The number of nitrogens with one attached hydrogen (secondary N) is 1. The number of amides is 1. The molecule has 0 atom stereocenters. The van der Waals surface area contributed by atoms with Crippen molar-refractivity contribution >= 4 is 23.3 Å². The third kappa shape index (κ3) is 4.62. The molecule has 0 aliphatic carbocycles. The summed E-state index contributed by atoms with van der Waals surface area (Å²) < 4.78 is 5.10. The van der Waals surface area contributed by atoms with Gasteiger partial charge in [0.05, 0.1) is 35.3 Å². The van der Waals surface area contributed by atoms with Gasteiger partial charge in [0.2, 0.25) is 0 Å². The Kier molecular flexibility index (Phi) is 6.03. The number of anilines is 2. The molecule has 0 bridgehead atoms. The number of piperazine rings is 1. The standard InChI is InChI=1S/C20H24N4O3/c1-3-27-20(26)17-6-4-5-7-18(17)22-16-12-15(13-21-14-16)19(25)24-10-8-23(2)9-11-24/h4-7,12-14,22H,3,8-11H2,1-2H3. The lowest BCUT2D eigenvalue weighted by atomic mass is 10.1. The van der Waals surface area contributed by atoms with E-state index in [1.54, 1.807) is 43.6 Å². The summed E-state index contributed by atoms with van der Waals surface area (Å²) in [4.78, 5) is 33.1. The van der Waals surface area contributed by atoms with Gasteiger partial charge in [-0.1, -0.05) is 12.1 Å². The topological polar surface area (TPSA) is 74.8 Å². The van der Waals surface area contributed by atoms with E-state index in [0.29, 0.717) is 42.2 Å². The van der Waals surface area contributed by atoms with Crippen LogP contribution in [0.5, 0.6) is 0 Å². The lowest BCUT2D eigenvalue weighted by Crippen LogP contribution is -2.47. The molecular formula is C20H24N4O3. The molecule has 7 heteroatoms. The van der Waals surface area contributed by atoms with Gasteiger partial charge in [0.15, 0.2) is 0 Å². The van der Waals surface area contributed by atoms with Gasteiger partial charge < -0.3 is 19.9 Å². The number of rotatable bonds is 5. The molecule has 1 saturated heterocycles. The third-order valence-electron chi connectivity index (χ3n) is 4.48. The zero-order valence-electron chi connectivity index (χ0n) is 15.6. The van der Waals surface area contributed by atoms with E-state index in [-0.39, 0.29) is 5.91 Å². The van der Waals surface area contributed by atoms with Crippen molar-refractivity contribution in [1.29, 1.82) is 0 Å². The number of aromatic nitrogens is 1. The van der Waals surface area contributed by atoms with Crippen LogP contribution in [0.3, 0.4) is 0 Å². The fourth-order valence-corrected chi connectivity index (χ4v) is 2.95. The summed E-state index contributed by atoms with van der Waals surface area (Å²) in [5, 5.41) is 3.17. The van der Waals surface area contributed by atoms with Crippen LogP contribution in [0.2, 0.25) is 0 Å². The summed E-state index contributed by atoms with van der Waals surface area (Å²) in [5.74, 6) is -0.420. The van der Waals surface area contributed by atoms with E-state index in [2.05, 4.69) is 22.2 Å². The van der Waals surface area contributed by atoms with Crippen LogP contribution in [0, 0.1) is 0 Å². The SMILES string of the molecule is CCOC(=O)c1ccccc1Nc1cncc(C(=O)N2CCN(C)CC2)c1. The Morgan fingerprint density at radius 3 is 2.63 bits per heavy atom. The van der Waals surface area contributed by atoms with E-state index in [1.165, 1.54) is 0 Å². The van der Waals surface area contributed by atoms with E-state index in [4.69, 9.17) is 4.74 Å². The number of carbonyl (C=O) groups excluding carboxylic acids is 2. The normalized spacial score (nSPS) is 14.7. The van der Waals surface area contributed by atoms with Crippen molar-refractivity contribution in [2.45, 2.75) is 6.92 Å². The van der Waals surface area contributed by atoms with Gasteiger partial charge in [0.25, 0.3) is 5.91 Å². The molecule has 1 aliphatic heterocycles. The third-order valence-corrected chi connectivity index (χ3v) is 4.48. The molecule has 142 valence electrons. The van der Waals surface area contributed by atoms with E-state index < -0.39 is 5.97 Å². The van der Waals surface area contributed by atoms with Crippen LogP contribution in [-0.4, -0.2) is 66.5 Å². The minimum atomic E-state index is -0.391. The lowest BCUT2D eigenvalue weighted by Gasteiger charge is -2.32. The number of ether oxygens (including phenoxy) is 1. The van der Waals surface area contributed by atoms with Crippen LogP contribution in [0.25, 0.3) is 0 Å². The number of nitrogens with zero attached hydrogens (tertiary/aromatic N) is 3. The molecule has 1 aromatic heterocycles. The number of para-hydroxylation sites is 1. The van der Waals surface area contributed by atoms with E-state index >= 15 is 0 Å². The molecule has 1 aromatic carbocycles. The molecule has 7 nitrogen and oxygen atoms in total. The lowest BCUT2D eigenvalue weighted by molar-refractivity contribution is 0.0527. The van der Waals surface area contributed by atoms with Crippen molar-refractivity contribution in [3.8, 4) is 0 Å². The summed E-state index contributed by atoms with van der Waals surface area (Å²) in [7, 11) is 2.05. The number of carbonyl (C=O) groups is 2. The molecular weight excluding hydrogens is 344 g/mol. The molecule has 3 rings (SSSR count). The summed E-state index contributed by atoms with van der Waals surface area (Å²) in [6.45, 7) is 5.22. The van der Waals surface area contributed by atoms with Crippen LogP contribution in [0.1, 0.15) is 27.6 Å². The fourth-order valence-electron chi connectivity index (χ4n) is 2.95. The van der Waals surface area contributed by atoms with Crippen molar-refractivity contribution in [3.05, 3.63) is 53.9 Å². The van der Waals surface area contributed by atoms with Gasteiger partial charge in [0, 0.05) is 32.4 Å². The largest absolute Gasteiger partial charge is 0.462 e. The maximum atomic E-state index is 12.7. The average molecular weight is 368 g/mol. The van der Waals surface area contributed by atoms with Gasteiger partial charge in [-0.15, -0.1) is 0 Å². The van der Waals surface area contributed by atoms with Gasteiger partial charge >= 0.3 is 5.97 Å². The first-order valence-electron chi connectivity index (χ1n) is 9.04. The second kappa shape index (κ2) is 8.64. The van der Waals surface area contributed by atoms with Gasteiger partial charge in [-0.05, 0) is 32.2 Å². The minimum Gasteiger partial charge on any atom is -0.462 e. The summed E-state index contributed by atoms with van der Waals surface area (Å²) in [6.07, 6.45) is 3.20. The summed E-state index contributed by atoms with van der Waals surface area (Å²) >= 11 is 0. The molecule has 27 heavy (non-hydrogen) atoms. The molecule has 0 spiro atoms. The molecule has 1 amide bonds. The minimum absolute atomic E-state index is 0.0297. The number of pyridine rings is 1. The van der Waals surface area contributed by atoms with Crippen LogP contribution in [-0.2, 0) is 4.74 Å². The Bertz CT molecular complexity index is 816. The zero-order valence-corrected chi connectivity index (χ0v) is 15.6. The molecule has 1 N–H and O–H groups in total. The van der Waals surface area contributed by atoms with E-state index in [0.717, 1.165) is 13.1 Å². The predicted molar refractivity (Wildman–Crippen MR) is 103 cm³/mol. The quantitative estimate of drug-likeness (QED) is 0.817. The van der Waals surface area contributed by atoms with Crippen molar-refractivity contribution in [2.24, 2.45) is 0 Å². The highest BCUT2D eigenvalue weighted by Crippen LogP contribution is 2.22. The Labute approximate surface area is 158 Å². The highest BCUT2D eigenvalue weighted by molar-refractivity contribution is 5.97. The Morgan fingerprint density at radius 1 is 1.15 bits per heavy atom. The maximum Gasteiger partial charge on any atom is 0.340 e. The Hall–Kier alpha value is -2.93. The zero-order chi connectivity index (χ0) is 19.2. The van der Waals surface area contributed by atoms with Crippen molar-refractivity contribution in [3.63, 3.8) is 0 Å². The first kappa shape index (κ1) is 18.8. The number of esters is 1. The van der Waals surface area contributed by atoms with Gasteiger partial charge in [-0.25, -0.2) is 4.79 Å². The molecule has 1 fully saturated rings. The monoisotopic (exact) mass is 368 g/mol. The molecule has 0 unspecified atom stereocenters. The summed E-state index contributed by atoms with van der Waals surface area (Å²) in [5.41, 5.74) is 2.22. The average Bonchev–Trinajstić information content (AvgIpc) is 2.69. The first-order valence-corrected chi connectivity index (χ1v) is 9.04. The predicted octanol–water partition coefficient (Wildman–Crippen LogP) is 2.39. The molecule has 2 aromatic rings. The van der Waals surface area contributed by atoms with Crippen LogP contribution in [0.4, 0.5) is 11.4 Å². The Balaban J connectivity index is 1.77. The second-order valence-electron chi connectivity index (χ2n) is 6.45. The number of benzene rings is 1. The van der Waals surface area contributed by atoms with Gasteiger partial charge in [0.1, 0.15) is 0 Å². The van der Waals surface area contributed by atoms with Crippen molar-refractivity contribution < 1.29 is 14.3 Å². The summed E-state index contributed by atoms with van der Waals surface area (Å²) in [6, 6.07) is 8.87. The Morgan fingerprint density at radius 2 is 1.89 bits per heavy atom. The van der Waals surface area contributed by atoms with Crippen LogP contribution >= 0.6 is 0 Å².